The number of rotatable bonds is 5. The third-order valence-corrected chi connectivity index (χ3v) is 7.52. The number of methoxy groups -OCH3 is 2. The van der Waals surface area contributed by atoms with Crippen molar-refractivity contribution in [2.24, 2.45) is 0 Å². The number of amides is 1. The number of hydrogen-bond donors (Lipinski definition) is 0. The molecule has 0 spiro atoms. The van der Waals surface area contributed by atoms with Crippen molar-refractivity contribution in [3.63, 3.8) is 0 Å². The summed E-state index contributed by atoms with van der Waals surface area (Å²) in [4.78, 5) is 45.5. The number of esters is 1. The molecule has 9 heteroatoms. The smallest absolute Gasteiger partial charge is 0.328 e. The second kappa shape index (κ2) is 10.1. The third kappa shape index (κ3) is 4.84. The summed E-state index contributed by atoms with van der Waals surface area (Å²) >= 11 is 1.78. The van der Waals surface area contributed by atoms with Gasteiger partial charge in [-0.2, -0.15) is 0 Å². The average Bonchev–Trinajstić information content (AvgIpc) is 3.12. The van der Waals surface area contributed by atoms with Crippen molar-refractivity contribution in [2.45, 2.75) is 51.7 Å². The number of carbonyl (C=O) groups is 2. The molecule has 4 heterocycles. The van der Waals surface area contributed by atoms with E-state index in [0.717, 1.165) is 32.5 Å². The van der Waals surface area contributed by atoms with Gasteiger partial charge in [0.25, 0.3) is 11.5 Å². The minimum absolute atomic E-state index is 0.171. The number of hydrogen-bond acceptors (Lipinski definition) is 7. The predicted octanol–water partition coefficient (Wildman–Crippen LogP) is 2.45. The standard InChI is InChI=1S/C24H31N3O5S/c1-16-7-8-17(33-16)15-25-11-9-18-22(20(31-2)14-21(28)26(18)13-12-25)23(29)27-10-5-4-6-19(27)24(30)32-3/h7-8,14,19H,4-6,9-13,15H2,1-3H3/t19-/m1/s1. The Morgan fingerprint density at radius 2 is 1.94 bits per heavy atom. The molecule has 1 fully saturated rings. The Kier molecular flexibility index (Phi) is 7.19. The first kappa shape index (κ1) is 23.5. The molecule has 8 nitrogen and oxygen atoms in total. The number of likely N-dealkylation sites (tertiary alicyclic amines) is 1. The number of nitrogens with zero attached hydrogens (tertiary/aromatic N) is 3. The van der Waals surface area contributed by atoms with E-state index < -0.39 is 12.0 Å². The summed E-state index contributed by atoms with van der Waals surface area (Å²) in [6.07, 6.45) is 2.81. The van der Waals surface area contributed by atoms with Gasteiger partial charge in [-0.25, -0.2) is 4.79 Å². The van der Waals surface area contributed by atoms with Crippen molar-refractivity contribution in [3.05, 3.63) is 49.6 Å². The second-order valence-corrected chi connectivity index (χ2v) is 9.97. The van der Waals surface area contributed by atoms with Crippen LogP contribution in [-0.4, -0.2) is 66.1 Å². The number of ether oxygens (including phenoxy) is 2. The molecule has 2 aliphatic rings. The van der Waals surface area contributed by atoms with Crippen LogP contribution in [0.25, 0.3) is 0 Å². The third-order valence-electron chi connectivity index (χ3n) is 6.53. The van der Waals surface area contributed by atoms with Crippen molar-refractivity contribution >= 4 is 23.2 Å². The number of fused-ring (bicyclic) bond motifs is 1. The van der Waals surface area contributed by atoms with Crippen LogP contribution in [0.2, 0.25) is 0 Å². The summed E-state index contributed by atoms with van der Waals surface area (Å²) in [6.45, 7) is 5.34. The Morgan fingerprint density at radius 1 is 1.12 bits per heavy atom. The molecule has 0 radical (unpaired) electrons. The van der Waals surface area contributed by atoms with Crippen LogP contribution >= 0.6 is 11.3 Å². The first-order valence-electron chi connectivity index (χ1n) is 11.4. The lowest BCUT2D eigenvalue weighted by Crippen LogP contribution is -2.49. The highest BCUT2D eigenvalue weighted by atomic mass is 32.1. The van der Waals surface area contributed by atoms with E-state index in [4.69, 9.17) is 9.47 Å². The maximum Gasteiger partial charge on any atom is 0.328 e. The van der Waals surface area contributed by atoms with Crippen molar-refractivity contribution in [3.8, 4) is 5.75 Å². The van der Waals surface area contributed by atoms with Crippen LogP contribution < -0.4 is 10.3 Å². The van der Waals surface area contributed by atoms with Gasteiger partial charge in [0.2, 0.25) is 0 Å². The number of thiophene rings is 1. The fourth-order valence-electron chi connectivity index (χ4n) is 4.83. The average molecular weight is 474 g/mol. The zero-order chi connectivity index (χ0) is 23.5. The summed E-state index contributed by atoms with van der Waals surface area (Å²) in [7, 11) is 2.82. The molecule has 0 N–H and O–H groups in total. The molecule has 0 aliphatic carbocycles. The van der Waals surface area contributed by atoms with Crippen LogP contribution in [0.5, 0.6) is 5.75 Å². The van der Waals surface area contributed by atoms with Crippen LogP contribution in [0, 0.1) is 6.92 Å². The number of pyridine rings is 1. The molecule has 0 unspecified atom stereocenters. The second-order valence-electron chi connectivity index (χ2n) is 8.60. The minimum atomic E-state index is -0.613. The summed E-state index contributed by atoms with van der Waals surface area (Å²) in [5, 5.41) is 0. The molecule has 2 aromatic heterocycles. The topological polar surface area (TPSA) is 81.1 Å². The molecule has 2 aliphatic heterocycles. The van der Waals surface area contributed by atoms with Crippen LogP contribution in [-0.2, 0) is 29.0 Å². The Balaban J connectivity index is 1.66. The van der Waals surface area contributed by atoms with E-state index >= 15 is 0 Å². The maximum atomic E-state index is 13.8. The molecule has 33 heavy (non-hydrogen) atoms. The van der Waals surface area contributed by atoms with Crippen molar-refractivity contribution in [1.82, 2.24) is 14.4 Å². The van der Waals surface area contributed by atoms with E-state index in [0.29, 0.717) is 37.2 Å². The maximum absolute atomic E-state index is 13.8. The summed E-state index contributed by atoms with van der Waals surface area (Å²) < 4.78 is 12.2. The van der Waals surface area contributed by atoms with Gasteiger partial charge >= 0.3 is 5.97 Å². The molecule has 178 valence electrons. The zero-order valence-corrected chi connectivity index (χ0v) is 20.3. The van der Waals surface area contributed by atoms with E-state index in [1.165, 1.54) is 30.0 Å². The highest BCUT2D eigenvalue weighted by molar-refractivity contribution is 7.11. The van der Waals surface area contributed by atoms with E-state index in [-0.39, 0.29) is 17.2 Å². The van der Waals surface area contributed by atoms with Gasteiger partial charge in [-0.15, -0.1) is 11.3 Å². The fraction of sp³-hybridized carbons (Fsp3) is 0.542. The first-order chi connectivity index (χ1) is 15.9. The van der Waals surface area contributed by atoms with Gasteiger partial charge in [0, 0.05) is 60.7 Å². The van der Waals surface area contributed by atoms with Crippen LogP contribution in [0.1, 0.15) is 45.1 Å². The van der Waals surface area contributed by atoms with Gasteiger partial charge in [0.05, 0.1) is 14.2 Å². The van der Waals surface area contributed by atoms with Gasteiger partial charge in [0.15, 0.2) is 0 Å². The Bertz CT molecular complexity index is 1090. The summed E-state index contributed by atoms with van der Waals surface area (Å²) in [5.41, 5.74) is 0.903. The Labute approximate surface area is 197 Å². The SMILES string of the molecule is COC(=O)[C@H]1CCCCN1C(=O)c1c(OC)cc(=O)n2c1CCN(Cc1ccc(C)s1)CC2. The number of aryl methyl sites for hydroxylation is 1. The van der Waals surface area contributed by atoms with Crippen molar-refractivity contribution in [1.29, 1.82) is 0 Å². The fourth-order valence-corrected chi connectivity index (χ4v) is 5.77. The lowest BCUT2D eigenvalue weighted by molar-refractivity contribution is -0.147. The summed E-state index contributed by atoms with van der Waals surface area (Å²) in [5.74, 6) is -0.403. The van der Waals surface area contributed by atoms with Gasteiger partial charge in [0.1, 0.15) is 17.4 Å². The Hall–Kier alpha value is -2.65. The van der Waals surface area contributed by atoms with Gasteiger partial charge in [-0.1, -0.05) is 0 Å². The molecular formula is C24H31N3O5S. The number of piperidine rings is 1. The molecule has 0 bridgehead atoms. The highest BCUT2D eigenvalue weighted by Gasteiger charge is 2.36. The lowest BCUT2D eigenvalue weighted by Gasteiger charge is -2.34. The molecule has 4 rings (SSSR count). The molecule has 1 amide bonds. The Morgan fingerprint density at radius 3 is 2.64 bits per heavy atom. The molecule has 2 aromatic rings. The zero-order valence-electron chi connectivity index (χ0n) is 19.5. The minimum Gasteiger partial charge on any atom is -0.496 e. The van der Waals surface area contributed by atoms with E-state index in [1.54, 1.807) is 20.8 Å². The quantitative estimate of drug-likeness (QED) is 0.621. The van der Waals surface area contributed by atoms with Gasteiger partial charge < -0.3 is 18.9 Å². The first-order valence-corrected chi connectivity index (χ1v) is 12.2. The molecule has 0 saturated carbocycles. The monoisotopic (exact) mass is 473 g/mol. The molecular weight excluding hydrogens is 442 g/mol. The van der Waals surface area contributed by atoms with E-state index in [2.05, 4.69) is 24.0 Å². The number of aromatic nitrogens is 1. The summed E-state index contributed by atoms with van der Waals surface area (Å²) in [6, 6.07) is 5.05. The van der Waals surface area contributed by atoms with E-state index in [1.807, 2.05) is 0 Å². The lowest BCUT2D eigenvalue weighted by atomic mass is 9.99. The molecule has 1 saturated heterocycles. The van der Waals surface area contributed by atoms with E-state index in [9.17, 15) is 14.4 Å². The van der Waals surface area contributed by atoms with Crippen molar-refractivity contribution in [2.75, 3.05) is 33.9 Å². The van der Waals surface area contributed by atoms with Crippen LogP contribution in [0.15, 0.2) is 23.0 Å². The van der Waals surface area contributed by atoms with Crippen LogP contribution in [0.3, 0.4) is 0 Å². The van der Waals surface area contributed by atoms with Crippen molar-refractivity contribution < 1.29 is 19.1 Å². The van der Waals surface area contributed by atoms with Crippen LogP contribution in [0.4, 0.5) is 0 Å². The molecule has 0 aromatic carbocycles. The highest BCUT2D eigenvalue weighted by Crippen LogP contribution is 2.28. The number of carbonyl (C=O) groups excluding carboxylic acids is 2. The van der Waals surface area contributed by atoms with Gasteiger partial charge in [-0.05, 0) is 38.3 Å². The normalized spacial score (nSPS) is 19.0. The molecule has 1 atom stereocenters. The largest absolute Gasteiger partial charge is 0.496 e. The van der Waals surface area contributed by atoms with Gasteiger partial charge in [-0.3, -0.25) is 14.5 Å². The predicted molar refractivity (Wildman–Crippen MR) is 126 cm³/mol.